The van der Waals surface area contributed by atoms with Crippen LogP contribution in [0.15, 0.2) is 96.5 Å². The number of nitrogens with zero attached hydrogens (tertiary/aromatic N) is 1. The summed E-state index contributed by atoms with van der Waals surface area (Å²) in [6.07, 6.45) is 6.12. The molecule has 2 aliphatic rings. The molecule has 3 nitrogen and oxygen atoms in total. The van der Waals surface area contributed by atoms with E-state index in [9.17, 15) is 0 Å². The van der Waals surface area contributed by atoms with E-state index in [0.717, 1.165) is 54.0 Å². The fourth-order valence-electron chi connectivity index (χ4n) is 6.31. The van der Waals surface area contributed by atoms with Crippen LogP contribution in [0, 0.1) is 5.41 Å². The van der Waals surface area contributed by atoms with Crippen LogP contribution in [-0.2, 0) is 10.2 Å². The monoisotopic (exact) mass is 465 g/mol. The van der Waals surface area contributed by atoms with E-state index in [2.05, 4.69) is 93.2 Å². The van der Waals surface area contributed by atoms with Crippen LogP contribution in [0.25, 0.3) is 0 Å². The van der Waals surface area contributed by atoms with Gasteiger partial charge in [-0.3, -0.25) is 0 Å². The van der Waals surface area contributed by atoms with Crippen LogP contribution in [0.4, 0.5) is 5.69 Å². The molecular weight excluding hydrogens is 430 g/mol. The maximum absolute atomic E-state index is 6.41. The highest BCUT2D eigenvalue weighted by atomic mass is 16.5. The minimum Gasteiger partial charge on any atom is -0.493 e. The number of fused-ring (bicyclic) bond motifs is 3. The Morgan fingerprint density at radius 3 is 2.17 bits per heavy atom. The highest BCUT2D eigenvalue weighted by Crippen LogP contribution is 2.60. The van der Waals surface area contributed by atoms with Gasteiger partial charge in [-0.25, -0.2) is 4.99 Å². The first kappa shape index (κ1) is 23.6. The Kier molecular flexibility index (Phi) is 6.14. The summed E-state index contributed by atoms with van der Waals surface area (Å²) in [6.45, 7) is 9.65. The molecule has 1 saturated carbocycles. The van der Waals surface area contributed by atoms with Crippen LogP contribution < -0.4 is 4.74 Å². The van der Waals surface area contributed by atoms with Gasteiger partial charge in [-0.1, -0.05) is 79.7 Å². The summed E-state index contributed by atoms with van der Waals surface area (Å²) in [6, 6.07) is 27.2. The lowest BCUT2D eigenvalue weighted by Crippen LogP contribution is -2.52. The second kappa shape index (κ2) is 9.13. The number of ether oxygens (including phenoxy) is 2. The number of rotatable bonds is 5. The van der Waals surface area contributed by atoms with Crippen molar-refractivity contribution in [3.8, 4) is 5.75 Å². The van der Waals surface area contributed by atoms with Crippen LogP contribution in [0.3, 0.4) is 0 Å². The highest BCUT2D eigenvalue weighted by molar-refractivity contribution is 6.13. The molecule has 1 heterocycles. The average molecular weight is 466 g/mol. The van der Waals surface area contributed by atoms with Crippen molar-refractivity contribution in [3.05, 3.63) is 108 Å². The summed E-state index contributed by atoms with van der Waals surface area (Å²) in [5.74, 6) is 0.927. The van der Waals surface area contributed by atoms with E-state index in [-0.39, 0.29) is 16.4 Å². The second-order valence-corrected chi connectivity index (χ2v) is 10.5. The van der Waals surface area contributed by atoms with Gasteiger partial charge in [0.05, 0.1) is 23.6 Å². The molecule has 1 aliphatic carbocycles. The maximum Gasteiger partial charge on any atom is 0.125 e. The molecule has 0 N–H and O–H groups in total. The van der Waals surface area contributed by atoms with E-state index < -0.39 is 0 Å². The Labute approximate surface area is 209 Å². The molecule has 0 amide bonds. The van der Waals surface area contributed by atoms with Gasteiger partial charge in [-0.15, -0.1) is 6.58 Å². The van der Waals surface area contributed by atoms with Crippen LogP contribution in [0.5, 0.6) is 5.75 Å². The van der Waals surface area contributed by atoms with Gasteiger partial charge in [0.1, 0.15) is 5.75 Å². The zero-order valence-corrected chi connectivity index (χ0v) is 21.1. The Morgan fingerprint density at radius 1 is 0.914 bits per heavy atom. The number of methoxy groups -OCH3 is 1. The molecule has 0 bridgehead atoms. The first-order valence-corrected chi connectivity index (χ1v) is 12.6. The topological polar surface area (TPSA) is 30.8 Å². The third-order valence-electron chi connectivity index (χ3n) is 8.42. The van der Waals surface area contributed by atoms with Crippen LogP contribution >= 0.6 is 0 Å². The third kappa shape index (κ3) is 4.12. The SMILES string of the molecule is C=CC12CCC(C)(OC)CC1(C)CCOc1cc(N=C(c3ccccc3)c3ccccc3)ccc12. The first-order valence-electron chi connectivity index (χ1n) is 12.6. The van der Waals surface area contributed by atoms with E-state index in [1.54, 1.807) is 0 Å². The third-order valence-corrected chi connectivity index (χ3v) is 8.42. The van der Waals surface area contributed by atoms with E-state index in [1.807, 2.05) is 19.2 Å². The van der Waals surface area contributed by atoms with Crippen molar-refractivity contribution < 1.29 is 9.47 Å². The summed E-state index contributed by atoms with van der Waals surface area (Å²) >= 11 is 0. The van der Waals surface area contributed by atoms with Crippen molar-refractivity contribution in [3.63, 3.8) is 0 Å². The van der Waals surface area contributed by atoms with Gasteiger partial charge in [0.15, 0.2) is 0 Å². The zero-order valence-electron chi connectivity index (χ0n) is 21.1. The minimum atomic E-state index is -0.152. The smallest absolute Gasteiger partial charge is 0.125 e. The van der Waals surface area contributed by atoms with Gasteiger partial charge < -0.3 is 9.47 Å². The molecule has 3 aromatic rings. The second-order valence-electron chi connectivity index (χ2n) is 10.5. The zero-order chi connectivity index (χ0) is 24.5. The minimum absolute atomic E-state index is 0.00698. The molecule has 3 unspecified atom stereocenters. The summed E-state index contributed by atoms with van der Waals surface area (Å²) < 4.78 is 12.4. The largest absolute Gasteiger partial charge is 0.493 e. The summed E-state index contributed by atoms with van der Waals surface area (Å²) in [5, 5.41) is 0. The van der Waals surface area contributed by atoms with Crippen molar-refractivity contribution in [1.82, 2.24) is 0 Å². The maximum atomic E-state index is 6.41. The molecule has 0 radical (unpaired) electrons. The summed E-state index contributed by atoms with van der Waals surface area (Å²) in [5.41, 5.74) is 5.00. The fourth-order valence-corrected chi connectivity index (χ4v) is 6.31. The molecule has 1 aliphatic heterocycles. The Hall–Kier alpha value is -3.17. The number of allylic oxidation sites excluding steroid dienone is 1. The summed E-state index contributed by atoms with van der Waals surface area (Å²) in [4.78, 5) is 5.13. The molecular formula is C32H35NO2. The van der Waals surface area contributed by atoms with Crippen LogP contribution in [0.2, 0.25) is 0 Å². The standard InChI is InChI=1S/C32H35NO2/c1-5-32-19-18-31(3,34-4)23-30(32,2)20-21-35-28-22-26(16-17-27(28)32)33-29(24-12-8-6-9-13-24)25-14-10-7-11-15-25/h5-17,22H,1,18-21,23H2,2-4H3. The van der Waals surface area contributed by atoms with E-state index in [4.69, 9.17) is 14.5 Å². The van der Waals surface area contributed by atoms with Crippen molar-refractivity contribution >= 4 is 11.4 Å². The van der Waals surface area contributed by atoms with Crippen molar-refractivity contribution in [2.75, 3.05) is 13.7 Å². The van der Waals surface area contributed by atoms with Gasteiger partial charge in [0.25, 0.3) is 0 Å². The molecule has 5 rings (SSSR count). The normalized spacial score (nSPS) is 27.5. The number of hydrogen-bond acceptors (Lipinski definition) is 3. The van der Waals surface area contributed by atoms with E-state index >= 15 is 0 Å². The average Bonchev–Trinajstić information content (AvgIpc) is 3.01. The lowest BCUT2D eigenvalue weighted by Gasteiger charge is -2.55. The highest BCUT2D eigenvalue weighted by Gasteiger charge is 2.56. The molecule has 35 heavy (non-hydrogen) atoms. The van der Waals surface area contributed by atoms with Crippen molar-refractivity contribution in [2.45, 2.75) is 50.5 Å². The van der Waals surface area contributed by atoms with Crippen LogP contribution in [0.1, 0.15) is 56.2 Å². The van der Waals surface area contributed by atoms with Gasteiger partial charge >= 0.3 is 0 Å². The molecule has 1 fully saturated rings. The fraction of sp³-hybridized carbons (Fsp3) is 0.344. The molecule has 0 saturated heterocycles. The van der Waals surface area contributed by atoms with E-state index in [0.29, 0.717) is 6.61 Å². The van der Waals surface area contributed by atoms with E-state index in [1.165, 1.54) is 5.56 Å². The van der Waals surface area contributed by atoms with Gasteiger partial charge in [0, 0.05) is 35.3 Å². The molecule has 3 aromatic carbocycles. The number of benzene rings is 3. The number of hydrogen-bond donors (Lipinski definition) is 0. The Bertz CT molecular complexity index is 1190. The number of aliphatic imine (C=N–C) groups is 1. The predicted octanol–water partition coefficient (Wildman–Crippen LogP) is 7.66. The molecule has 3 heteroatoms. The van der Waals surface area contributed by atoms with Gasteiger partial charge in [-0.05, 0) is 44.1 Å². The Morgan fingerprint density at radius 2 is 1.57 bits per heavy atom. The molecule has 3 atom stereocenters. The molecule has 0 spiro atoms. The Balaban J connectivity index is 1.60. The lowest BCUT2D eigenvalue weighted by molar-refractivity contribution is -0.0891. The predicted molar refractivity (Wildman–Crippen MR) is 144 cm³/mol. The molecule has 180 valence electrons. The van der Waals surface area contributed by atoms with Crippen LogP contribution in [-0.4, -0.2) is 25.0 Å². The van der Waals surface area contributed by atoms with Crippen molar-refractivity contribution in [1.29, 1.82) is 0 Å². The van der Waals surface area contributed by atoms with Crippen molar-refractivity contribution in [2.24, 2.45) is 10.4 Å². The first-order chi connectivity index (χ1) is 16.9. The van der Waals surface area contributed by atoms with Gasteiger partial charge in [-0.2, -0.15) is 0 Å². The summed E-state index contributed by atoms with van der Waals surface area (Å²) in [7, 11) is 1.84. The van der Waals surface area contributed by atoms with Gasteiger partial charge in [0.2, 0.25) is 0 Å². The quantitative estimate of drug-likeness (QED) is 0.286. The lowest BCUT2D eigenvalue weighted by atomic mass is 9.50. The molecule has 0 aromatic heterocycles.